The van der Waals surface area contributed by atoms with E-state index in [0.29, 0.717) is 16.6 Å². The monoisotopic (exact) mass is 406 g/mol. The number of pyridine rings is 1. The van der Waals surface area contributed by atoms with Gasteiger partial charge in [0.2, 0.25) is 0 Å². The molecule has 1 amide bonds. The van der Waals surface area contributed by atoms with Crippen molar-refractivity contribution in [1.29, 1.82) is 0 Å². The first-order chi connectivity index (χ1) is 11.4. The molecule has 0 saturated carbocycles. The third kappa shape index (κ3) is 3.30. The summed E-state index contributed by atoms with van der Waals surface area (Å²) < 4.78 is 13.9. The largest absolute Gasteiger partial charge is 0.271 e. The van der Waals surface area contributed by atoms with Crippen molar-refractivity contribution >= 4 is 38.6 Å². The van der Waals surface area contributed by atoms with E-state index >= 15 is 0 Å². The van der Waals surface area contributed by atoms with Gasteiger partial charge in [-0.15, -0.1) is 0 Å². The number of hydrogen-bond donors (Lipinski definition) is 0. The van der Waals surface area contributed by atoms with Crippen LogP contribution in [-0.4, -0.2) is 15.9 Å². The zero-order chi connectivity index (χ0) is 17.3. The zero-order valence-corrected chi connectivity index (χ0v) is 15.7. The highest BCUT2D eigenvalue weighted by molar-refractivity contribution is 9.10. The van der Waals surface area contributed by atoms with Gasteiger partial charge in [0.25, 0.3) is 5.91 Å². The Kier molecular flexibility index (Phi) is 4.88. The molecule has 0 spiro atoms. The number of carbonyl (C=O) groups excluding carboxylic acids is 1. The second-order valence-electron chi connectivity index (χ2n) is 5.94. The van der Waals surface area contributed by atoms with Gasteiger partial charge in [-0.05, 0) is 58.1 Å². The fourth-order valence-corrected chi connectivity index (χ4v) is 4.41. The van der Waals surface area contributed by atoms with E-state index in [9.17, 15) is 9.18 Å². The van der Waals surface area contributed by atoms with Crippen molar-refractivity contribution in [1.82, 2.24) is 4.98 Å². The van der Waals surface area contributed by atoms with Crippen LogP contribution in [0.4, 0.5) is 4.39 Å². The van der Waals surface area contributed by atoms with Gasteiger partial charge in [0.05, 0.1) is 5.04 Å². The standard InChI is InChI=1S/C18H16BrFN2OS/c1-11(13-5-3-4-6-14(13)20)9-16-22-17(23)18(2,24-16)12-7-8-21-15(19)10-12/h3-8,10-11H,9H2,1-2H3/t11-,18?/m1/s1. The number of amides is 1. The first-order valence-corrected chi connectivity index (χ1v) is 9.18. The van der Waals surface area contributed by atoms with Crippen molar-refractivity contribution in [3.8, 4) is 0 Å². The molecular weight excluding hydrogens is 391 g/mol. The van der Waals surface area contributed by atoms with E-state index in [0.717, 1.165) is 10.6 Å². The van der Waals surface area contributed by atoms with Crippen LogP contribution in [0.25, 0.3) is 0 Å². The zero-order valence-electron chi connectivity index (χ0n) is 13.3. The van der Waals surface area contributed by atoms with Crippen LogP contribution in [0.5, 0.6) is 0 Å². The van der Waals surface area contributed by atoms with Crippen molar-refractivity contribution in [3.05, 3.63) is 64.1 Å². The van der Waals surface area contributed by atoms with E-state index in [1.165, 1.54) is 17.8 Å². The average molecular weight is 407 g/mol. The van der Waals surface area contributed by atoms with Gasteiger partial charge in [0, 0.05) is 12.6 Å². The molecular formula is C18H16BrFN2OS. The number of benzene rings is 1. The summed E-state index contributed by atoms with van der Waals surface area (Å²) in [5.74, 6) is -0.446. The molecule has 6 heteroatoms. The van der Waals surface area contributed by atoms with Crippen LogP contribution >= 0.6 is 27.7 Å². The van der Waals surface area contributed by atoms with Crippen LogP contribution in [0, 0.1) is 5.82 Å². The summed E-state index contributed by atoms with van der Waals surface area (Å²) in [7, 11) is 0. The Morgan fingerprint density at radius 3 is 2.79 bits per heavy atom. The van der Waals surface area contributed by atoms with E-state index in [4.69, 9.17) is 0 Å². The first kappa shape index (κ1) is 17.3. The Hall–Kier alpha value is -1.53. The fourth-order valence-electron chi connectivity index (χ4n) is 2.74. The number of thioether (sulfide) groups is 1. The molecule has 3 nitrogen and oxygen atoms in total. The van der Waals surface area contributed by atoms with Gasteiger partial charge >= 0.3 is 0 Å². The predicted molar refractivity (Wildman–Crippen MR) is 98.8 cm³/mol. The Morgan fingerprint density at radius 2 is 2.08 bits per heavy atom. The van der Waals surface area contributed by atoms with Crippen LogP contribution in [0.1, 0.15) is 37.3 Å². The van der Waals surface area contributed by atoms with Crippen LogP contribution in [-0.2, 0) is 9.54 Å². The van der Waals surface area contributed by atoms with Gasteiger partial charge in [0.15, 0.2) is 0 Å². The number of aromatic nitrogens is 1. The maximum atomic E-state index is 13.9. The molecule has 0 bridgehead atoms. The summed E-state index contributed by atoms with van der Waals surface area (Å²) in [6, 6.07) is 10.4. The molecule has 1 aromatic heterocycles. The maximum absolute atomic E-state index is 13.9. The molecule has 1 aromatic carbocycles. The lowest BCUT2D eigenvalue weighted by Gasteiger charge is -2.21. The van der Waals surface area contributed by atoms with Gasteiger partial charge in [-0.25, -0.2) is 14.4 Å². The molecule has 2 atom stereocenters. The lowest BCUT2D eigenvalue weighted by molar-refractivity contribution is -0.119. The minimum atomic E-state index is -0.754. The molecule has 1 unspecified atom stereocenters. The second kappa shape index (κ2) is 6.76. The maximum Gasteiger partial charge on any atom is 0.267 e. The second-order valence-corrected chi connectivity index (χ2v) is 8.24. The number of hydrogen-bond acceptors (Lipinski definition) is 3. The van der Waals surface area contributed by atoms with Gasteiger partial charge in [-0.3, -0.25) is 4.79 Å². The molecule has 0 N–H and O–H groups in total. The van der Waals surface area contributed by atoms with Gasteiger partial charge < -0.3 is 0 Å². The number of halogens is 2. The molecule has 1 aliphatic rings. The van der Waals surface area contributed by atoms with E-state index in [1.54, 1.807) is 18.3 Å². The number of carbonyl (C=O) groups is 1. The summed E-state index contributed by atoms with van der Waals surface area (Å²) in [4.78, 5) is 20.8. The summed E-state index contributed by atoms with van der Waals surface area (Å²) in [6.45, 7) is 3.82. The van der Waals surface area contributed by atoms with Crippen molar-refractivity contribution in [3.63, 3.8) is 0 Å². The highest BCUT2D eigenvalue weighted by Crippen LogP contribution is 2.45. The van der Waals surface area contributed by atoms with Crippen LogP contribution in [0.15, 0.2) is 52.2 Å². The Balaban J connectivity index is 1.79. The minimum absolute atomic E-state index is 0.0447. The molecule has 124 valence electrons. The lowest BCUT2D eigenvalue weighted by atomic mass is 9.98. The smallest absolute Gasteiger partial charge is 0.267 e. The molecule has 0 radical (unpaired) electrons. The molecule has 3 rings (SSSR count). The number of rotatable bonds is 4. The first-order valence-electron chi connectivity index (χ1n) is 7.57. The van der Waals surface area contributed by atoms with E-state index in [-0.39, 0.29) is 17.6 Å². The van der Waals surface area contributed by atoms with E-state index < -0.39 is 4.75 Å². The van der Waals surface area contributed by atoms with E-state index in [1.807, 2.05) is 32.0 Å². The molecule has 2 aromatic rings. The van der Waals surface area contributed by atoms with Crippen LogP contribution in [0.3, 0.4) is 0 Å². The molecule has 0 fully saturated rings. The third-order valence-electron chi connectivity index (χ3n) is 4.15. The highest BCUT2D eigenvalue weighted by Gasteiger charge is 2.42. The normalized spacial score (nSPS) is 21.7. The van der Waals surface area contributed by atoms with Gasteiger partial charge in [-0.2, -0.15) is 0 Å². The molecule has 0 saturated heterocycles. The summed E-state index contributed by atoms with van der Waals surface area (Å²) >= 11 is 4.78. The molecule has 0 aliphatic carbocycles. The third-order valence-corrected chi connectivity index (χ3v) is 5.90. The summed E-state index contributed by atoms with van der Waals surface area (Å²) in [5, 5.41) is 0.742. The number of aliphatic imine (C=N–C) groups is 1. The quantitative estimate of drug-likeness (QED) is 0.665. The highest BCUT2D eigenvalue weighted by atomic mass is 79.9. The van der Waals surface area contributed by atoms with Crippen LogP contribution < -0.4 is 0 Å². The SMILES string of the molecule is C[C@H](CC1=NC(=O)C(C)(c2ccnc(Br)c2)S1)c1ccccc1F. The van der Waals surface area contributed by atoms with Gasteiger partial charge in [0.1, 0.15) is 15.2 Å². The minimum Gasteiger partial charge on any atom is -0.271 e. The molecule has 2 heterocycles. The lowest BCUT2D eigenvalue weighted by Crippen LogP contribution is -2.24. The van der Waals surface area contributed by atoms with Crippen molar-refractivity contribution in [2.75, 3.05) is 0 Å². The fraction of sp³-hybridized carbons (Fsp3) is 0.278. The Labute approximate surface area is 152 Å². The topological polar surface area (TPSA) is 42.3 Å². The molecule has 24 heavy (non-hydrogen) atoms. The average Bonchev–Trinajstić information content (AvgIpc) is 2.83. The van der Waals surface area contributed by atoms with Crippen LogP contribution in [0.2, 0.25) is 0 Å². The van der Waals surface area contributed by atoms with Crippen molar-refractivity contribution in [2.24, 2.45) is 4.99 Å². The van der Waals surface area contributed by atoms with Crippen molar-refractivity contribution < 1.29 is 9.18 Å². The Bertz CT molecular complexity index is 826. The van der Waals surface area contributed by atoms with Crippen molar-refractivity contribution in [2.45, 2.75) is 30.9 Å². The van der Waals surface area contributed by atoms with E-state index in [2.05, 4.69) is 25.9 Å². The summed E-state index contributed by atoms with van der Waals surface area (Å²) in [5.41, 5.74) is 1.50. The number of nitrogens with zero attached hydrogens (tertiary/aromatic N) is 2. The predicted octanol–water partition coefficient (Wildman–Crippen LogP) is 5.06. The Morgan fingerprint density at radius 1 is 1.33 bits per heavy atom. The molecule has 1 aliphatic heterocycles. The summed E-state index contributed by atoms with van der Waals surface area (Å²) in [6.07, 6.45) is 2.21. The van der Waals surface area contributed by atoms with Gasteiger partial charge in [-0.1, -0.05) is 36.9 Å².